The summed E-state index contributed by atoms with van der Waals surface area (Å²) in [5.41, 5.74) is -1.02. The third kappa shape index (κ3) is 4.43. The summed E-state index contributed by atoms with van der Waals surface area (Å²) < 4.78 is 46.6. The van der Waals surface area contributed by atoms with Crippen molar-refractivity contribution < 1.29 is 23.0 Å². The third-order valence-electron chi connectivity index (χ3n) is 6.23. The van der Waals surface area contributed by atoms with E-state index in [1.807, 2.05) is 0 Å². The van der Waals surface area contributed by atoms with E-state index in [1.54, 1.807) is 29.8 Å². The zero-order valence-electron chi connectivity index (χ0n) is 20.4. The van der Waals surface area contributed by atoms with E-state index in [4.69, 9.17) is 22.8 Å². The predicted molar refractivity (Wildman–Crippen MR) is 137 cm³/mol. The molecule has 4 aromatic heterocycles. The predicted octanol–water partition coefficient (Wildman–Crippen LogP) is 4.77. The number of nitrogens with zero attached hydrogens (tertiary/aromatic N) is 6. The summed E-state index contributed by atoms with van der Waals surface area (Å²) in [5.74, 6) is 2.75. The van der Waals surface area contributed by atoms with Gasteiger partial charge in [-0.05, 0) is 29.7 Å². The molecule has 0 bridgehead atoms. The molecule has 0 radical (unpaired) electrons. The molecule has 0 saturated heterocycles. The summed E-state index contributed by atoms with van der Waals surface area (Å²) >= 11 is 6.88. The summed E-state index contributed by atoms with van der Waals surface area (Å²) in [6.07, 6.45) is 7.58. The van der Waals surface area contributed by atoms with Crippen LogP contribution in [-0.4, -0.2) is 41.7 Å². The van der Waals surface area contributed by atoms with Gasteiger partial charge < -0.3 is 14.4 Å². The Morgan fingerprint density at radius 2 is 1.74 bits per heavy atom. The molecule has 0 amide bonds. The van der Waals surface area contributed by atoms with Gasteiger partial charge in [0.15, 0.2) is 5.60 Å². The molecule has 0 fully saturated rings. The fraction of sp³-hybridized carbons (Fsp3) is 0.148. The largest absolute Gasteiger partial charge is 0.480 e. The number of hydrogen-bond donors (Lipinski definition) is 1. The van der Waals surface area contributed by atoms with Gasteiger partial charge in [0.05, 0.1) is 41.4 Å². The highest BCUT2D eigenvalue weighted by molar-refractivity contribution is 6.38. The molecule has 4 heterocycles. The minimum atomic E-state index is -4.64. The first-order valence-corrected chi connectivity index (χ1v) is 11.7. The summed E-state index contributed by atoms with van der Waals surface area (Å²) in [4.78, 5) is 20.4. The smallest absolute Gasteiger partial charge is 0.433 e. The lowest BCUT2D eigenvalue weighted by Crippen LogP contribution is -2.31. The number of ether oxygens (including phenoxy) is 1. The van der Waals surface area contributed by atoms with Gasteiger partial charge in [-0.25, -0.2) is 19.9 Å². The van der Waals surface area contributed by atoms with E-state index in [2.05, 4.69) is 30.8 Å². The monoisotopic (exact) mass is 550 g/mol. The molecule has 0 aliphatic rings. The van der Waals surface area contributed by atoms with Crippen LogP contribution in [0.2, 0.25) is 5.02 Å². The van der Waals surface area contributed by atoms with Gasteiger partial charge in [-0.3, -0.25) is 4.98 Å². The zero-order chi connectivity index (χ0) is 27.9. The number of terminal acetylenes is 1. The first-order valence-electron chi connectivity index (χ1n) is 11.3. The number of alkyl halides is 3. The normalized spacial score (nSPS) is 13.2. The van der Waals surface area contributed by atoms with Gasteiger partial charge in [-0.2, -0.15) is 13.2 Å². The standard InChI is InChI=1S/C27H18ClF3N6O2/c1-4-22-34-10-15(11-35-22)23-24(28)18-9-16(5-7-19(18)36-25(23)39-3)26(38,21-13-32-14-37(21)2)17-6-8-20(33-12-17)27(29,30)31/h1,5-14,38H,2-3H3. The fourth-order valence-electron chi connectivity index (χ4n) is 4.30. The van der Waals surface area contributed by atoms with E-state index in [1.165, 1.54) is 38.1 Å². The molecule has 196 valence electrons. The molecule has 0 spiro atoms. The van der Waals surface area contributed by atoms with E-state index < -0.39 is 17.5 Å². The highest BCUT2D eigenvalue weighted by atomic mass is 35.5. The Hall–Kier alpha value is -4.53. The van der Waals surface area contributed by atoms with Crippen molar-refractivity contribution in [3.63, 3.8) is 0 Å². The van der Waals surface area contributed by atoms with Crippen molar-refractivity contribution in [2.45, 2.75) is 11.8 Å². The number of benzene rings is 1. The van der Waals surface area contributed by atoms with Gasteiger partial charge in [-0.15, -0.1) is 6.42 Å². The van der Waals surface area contributed by atoms with Crippen molar-refractivity contribution in [3.8, 4) is 29.4 Å². The van der Waals surface area contributed by atoms with Gasteiger partial charge in [-0.1, -0.05) is 23.7 Å². The molecule has 1 atom stereocenters. The van der Waals surface area contributed by atoms with Gasteiger partial charge in [0.25, 0.3) is 0 Å². The summed E-state index contributed by atoms with van der Waals surface area (Å²) in [5, 5.41) is 12.8. The lowest BCUT2D eigenvalue weighted by atomic mass is 9.83. The molecule has 8 nitrogen and oxygen atoms in total. The van der Waals surface area contributed by atoms with Crippen LogP contribution in [0.4, 0.5) is 13.2 Å². The Balaban J connectivity index is 1.74. The molecule has 0 saturated carbocycles. The minimum absolute atomic E-state index is 0.0922. The van der Waals surface area contributed by atoms with E-state index in [0.717, 1.165) is 12.3 Å². The average molecular weight is 551 g/mol. The summed E-state index contributed by atoms with van der Waals surface area (Å²) in [6.45, 7) is 0. The molecule has 1 N–H and O–H groups in total. The molecule has 1 unspecified atom stereocenters. The van der Waals surface area contributed by atoms with Crippen LogP contribution in [0.3, 0.4) is 0 Å². The number of methoxy groups -OCH3 is 1. The molecule has 12 heteroatoms. The van der Waals surface area contributed by atoms with Crippen LogP contribution in [0, 0.1) is 12.3 Å². The van der Waals surface area contributed by atoms with Crippen LogP contribution < -0.4 is 4.74 Å². The second kappa shape index (κ2) is 9.65. The van der Waals surface area contributed by atoms with Crippen molar-refractivity contribution in [1.29, 1.82) is 0 Å². The lowest BCUT2D eigenvalue weighted by molar-refractivity contribution is -0.141. The van der Waals surface area contributed by atoms with Gasteiger partial charge in [0.2, 0.25) is 11.7 Å². The summed E-state index contributed by atoms with van der Waals surface area (Å²) in [6, 6.07) is 6.82. The number of hydrogen-bond acceptors (Lipinski definition) is 7. The molecule has 5 rings (SSSR count). The van der Waals surface area contributed by atoms with Crippen LogP contribution >= 0.6 is 11.6 Å². The Morgan fingerprint density at radius 1 is 1.03 bits per heavy atom. The number of halogens is 4. The molecule has 5 aromatic rings. The Morgan fingerprint density at radius 3 is 2.31 bits per heavy atom. The van der Waals surface area contributed by atoms with Crippen molar-refractivity contribution in [2.75, 3.05) is 7.11 Å². The SMILES string of the molecule is C#Cc1ncc(-c2c(OC)nc3ccc(C(O)(c4ccc(C(F)(F)F)nc4)c4cncn4C)cc3c2Cl)cn1. The minimum Gasteiger partial charge on any atom is -0.480 e. The van der Waals surface area contributed by atoms with Crippen LogP contribution in [0.25, 0.3) is 22.0 Å². The number of aliphatic hydroxyl groups is 1. The third-order valence-corrected chi connectivity index (χ3v) is 6.62. The second-order valence-corrected chi connectivity index (χ2v) is 8.89. The quantitative estimate of drug-likeness (QED) is 0.315. The summed E-state index contributed by atoms with van der Waals surface area (Å²) in [7, 11) is 3.10. The average Bonchev–Trinajstić information content (AvgIpc) is 3.38. The Kier molecular flexibility index (Phi) is 6.46. The van der Waals surface area contributed by atoms with Crippen molar-refractivity contribution in [2.24, 2.45) is 7.05 Å². The maximum absolute atomic E-state index is 13.2. The van der Waals surface area contributed by atoms with E-state index in [-0.39, 0.29) is 22.3 Å². The maximum Gasteiger partial charge on any atom is 0.433 e. The Labute approximate surface area is 225 Å². The van der Waals surface area contributed by atoms with Gasteiger partial charge in [0.1, 0.15) is 5.69 Å². The molecule has 1 aromatic carbocycles. The number of aromatic nitrogens is 6. The van der Waals surface area contributed by atoms with Gasteiger partial charge >= 0.3 is 6.18 Å². The number of fused-ring (bicyclic) bond motifs is 1. The van der Waals surface area contributed by atoms with Crippen molar-refractivity contribution >= 4 is 22.5 Å². The number of pyridine rings is 2. The van der Waals surface area contributed by atoms with Crippen LogP contribution in [-0.2, 0) is 18.8 Å². The molecule has 39 heavy (non-hydrogen) atoms. The molecular weight excluding hydrogens is 533 g/mol. The second-order valence-electron chi connectivity index (χ2n) is 8.51. The number of aryl methyl sites for hydroxylation is 1. The van der Waals surface area contributed by atoms with Crippen LogP contribution in [0.5, 0.6) is 5.88 Å². The topological polar surface area (TPSA) is 98.8 Å². The molecular formula is C27H18ClF3N6O2. The molecule has 0 aliphatic heterocycles. The van der Waals surface area contributed by atoms with E-state index >= 15 is 0 Å². The Bertz CT molecular complexity index is 1730. The maximum atomic E-state index is 13.2. The zero-order valence-corrected chi connectivity index (χ0v) is 21.2. The lowest BCUT2D eigenvalue weighted by Gasteiger charge is -2.30. The van der Waals surface area contributed by atoms with Crippen LogP contribution in [0.15, 0.2) is 61.4 Å². The number of imidazole rings is 1. The fourth-order valence-corrected chi connectivity index (χ4v) is 4.64. The highest BCUT2D eigenvalue weighted by Gasteiger charge is 2.39. The van der Waals surface area contributed by atoms with Crippen molar-refractivity contribution in [3.05, 3.63) is 94.8 Å². The van der Waals surface area contributed by atoms with Crippen LogP contribution in [0.1, 0.15) is 28.3 Å². The van der Waals surface area contributed by atoms with Crippen molar-refractivity contribution in [1.82, 2.24) is 29.5 Å². The highest BCUT2D eigenvalue weighted by Crippen LogP contribution is 2.43. The van der Waals surface area contributed by atoms with E-state index in [0.29, 0.717) is 33.3 Å². The first kappa shape index (κ1) is 26.1. The molecule has 0 aliphatic carbocycles. The van der Waals surface area contributed by atoms with E-state index in [9.17, 15) is 18.3 Å². The number of rotatable bonds is 5. The first-order chi connectivity index (χ1) is 18.6. The van der Waals surface area contributed by atoms with Gasteiger partial charge in [0, 0.05) is 42.2 Å².